The molecule has 0 unspecified atom stereocenters. The van der Waals surface area contributed by atoms with Gasteiger partial charge in [-0.15, -0.1) is 0 Å². The largest absolute Gasteiger partial charge is 0.251 e. The molecule has 0 saturated heterocycles. The van der Waals surface area contributed by atoms with Gasteiger partial charge in [0.15, 0.2) is 0 Å². The van der Waals surface area contributed by atoms with Crippen LogP contribution in [0.5, 0.6) is 0 Å². The molecule has 0 fully saturated rings. The molecule has 0 aliphatic carbocycles. The summed E-state index contributed by atoms with van der Waals surface area (Å²) in [6.07, 6.45) is 0.488. The normalized spacial score (nSPS) is 11.1. The predicted octanol–water partition coefficient (Wildman–Crippen LogP) is 4.51. The SMILES string of the molecule is FCCc1c2ccccc2cc2ccccc12. The standard InChI is InChI=1S/C16H13F/c17-10-9-16-14-7-3-1-5-12(14)11-13-6-2-4-8-15(13)16/h1-8,11H,9-10H2. The maximum atomic E-state index is 12.7. The zero-order valence-corrected chi connectivity index (χ0v) is 9.49. The predicted molar refractivity (Wildman–Crippen MR) is 71.1 cm³/mol. The highest BCUT2D eigenvalue weighted by molar-refractivity contribution is 6.02. The Labute approximate surface area is 99.7 Å². The Kier molecular flexibility index (Phi) is 2.52. The number of rotatable bonds is 2. The first kappa shape index (κ1) is 10.3. The van der Waals surface area contributed by atoms with Gasteiger partial charge in [0, 0.05) is 6.42 Å². The zero-order chi connectivity index (χ0) is 11.7. The van der Waals surface area contributed by atoms with Crippen LogP contribution < -0.4 is 0 Å². The quantitative estimate of drug-likeness (QED) is 0.562. The van der Waals surface area contributed by atoms with Crippen molar-refractivity contribution in [3.05, 3.63) is 60.2 Å². The molecule has 0 amide bonds. The third-order valence-corrected chi connectivity index (χ3v) is 3.23. The molecule has 0 spiro atoms. The highest BCUT2D eigenvalue weighted by Crippen LogP contribution is 2.28. The number of halogens is 1. The number of alkyl halides is 1. The Hall–Kier alpha value is -1.89. The molecular formula is C16H13F. The molecule has 0 heterocycles. The van der Waals surface area contributed by atoms with Crippen LogP contribution in [0.25, 0.3) is 21.5 Å². The van der Waals surface area contributed by atoms with Crippen molar-refractivity contribution in [3.8, 4) is 0 Å². The fraction of sp³-hybridized carbons (Fsp3) is 0.125. The van der Waals surface area contributed by atoms with Gasteiger partial charge in [0.25, 0.3) is 0 Å². The smallest absolute Gasteiger partial charge is 0.0935 e. The van der Waals surface area contributed by atoms with Gasteiger partial charge in [0.05, 0.1) is 6.67 Å². The molecule has 3 aromatic carbocycles. The fourth-order valence-electron chi connectivity index (χ4n) is 2.47. The van der Waals surface area contributed by atoms with Crippen molar-refractivity contribution in [1.82, 2.24) is 0 Å². The first-order valence-corrected chi connectivity index (χ1v) is 5.85. The van der Waals surface area contributed by atoms with Gasteiger partial charge in [-0.2, -0.15) is 0 Å². The van der Waals surface area contributed by atoms with E-state index in [4.69, 9.17) is 0 Å². The monoisotopic (exact) mass is 224 g/mol. The summed E-state index contributed by atoms with van der Waals surface area (Å²) in [6.45, 7) is -0.308. The summed E-state index contributed by atoms with van der Waals surface area (Å²) in [7, 11) is 0. The van der Waals surface area contributed by atoms with E-state index in [1.165, 1.54) is 21.5 Å². The van der Waals surface area contributed by atoms with E-state index in [0.717, 1.165) is 5.56 Å². The highest BCUT2D eigenvalue weighted by atomic mass is 19.1. The van der Waals surface area contributed by atoms with E-state index in [1.54, 1.807) is 0 Å². The van der Waals surface area contributed by atoms with Crippen molar-refractivity contribution in [2.75, 3.05) is 6.67 Å². The van der Waals surface area contributed by atoms with E-state index >= 15 is 0 Å². The third kappa shape index (κ3) is 1.68. The first-order chi connectivity index (χ1) is 8.40. The molecule has 0 bridgehead atoms. The topological polar surface area (TPSA) is 0 Å². The van der Waals surface area contributed by atoms with E-state index < -0.39 is 0 Å². The fourth-order valence-corrected chi connectivity index (χ4v) is 2.47. The van der Waals surface area contributed by atoms with Crippen LogP contribution >= 0.6 is 0 Å². The molecule has 17 heavy (non-hydrogen) atoms. The molecule has 1 heteroatoms. The minimum atomic E-state index is -0.308. The Bertz CT molecular complexity index is 616. The first-order valence-electron chi connectivity index (χ1n) is 5.85. The second-order valence-corrected chi connectivity index (χ2v) is 4.24. The van der Waals surface area contributed by atoms with Crippen LogP contribution in [0.2, 0.25) is 0 Å². The van der Waals surface area contributed by atoms with Crippen LogP contribution in [0.3, 0.4) is 0 Å². The Morgan fingerprint density at radius 1 is 0.765 bits per heavy atom. The summed E-state index contributed by atoms with van der Waals surface area (Å²) in [5.74, 6) is 0. The Morgan fingerprint density at radius 2 is 1.29 bits per heavy atom. The van der Waals surface area contributed by atoms with Gasteiger partial charge in [-0.1, -0.05) is 48.5 Å². The van der Waals surface area contributed by atoms with Crippen LogP contribution in [0.4, 0.5) is 4.39 Å². The van der Waals surface area contributed by atoms with Gasteiger partial charge in [0.2, 0.25) is 0 Å². The minimum Gasteiger partial charge on any atom is -0.251 e. The maximum absolute atomic E-state index is 12.7. The summed E-state index contributed by atoms with van der Waals surface area (Å²) in [5, 5.41) is 4.72. The second-order valence-electron chi connectivity index (χ2n) is 4.24. The lowest BCUT2D eigenvalue weighted by molar-refractivity contribution is 0.497. The van der Waals surface area contributed by atoms with Gasteiger partial charge in [0.1, 0.15) is 0 Å². The Morgan fingerprint density at radius 3 is 1.82 bits per heavy atom. The highest BCUT2D eigenvalue weighted by Gasteiger charge is 2.06. The van der Waals surface area contributed by atoms with Crippen LogP contribution in [0.15, 0.2) is 54.6 Å². The molecular weight excluding hydrogens is 211 g/mol. The summed E-state index contributed by atoms with van der Waals surface area (Å²) in [5.41, 5.74) is 1.13. The zero-order valence-electron chi connectivity index (χ0n) is 9.49. The molecule has 3 aromatic rings. The third-order valence-electron chi connectivity index (χ3n) is 3.23. The molecule has 0 atom stereocenters. The van der Waals surface area contributed by atoms with Crippen molar-refractivity contribution in [3.63, 3.8) is 0 Å². The number of fused-ring (bicyclic) bond motifs is 2. The van der Waals surface area contributed by atoms with E-state index in [1.807, 2.05) is 24.3 Å². The summed E-state index contributed by atoms with van der Waals surface area (Å²) in [6, 6.07) is 18.6. The summed E-state index contributed by atoms with van der Waals surface area (Å²) >= 11 is 0. The lowest BCUT2D eigenvalue weighted by Gasteiger charge is -2.09. The number of aryl methyl sites for hydroxylation is 1. The van der Waals surface area contributed by atoms with Crippen LogP contribution in [0, 0.1) is 0 Å². The van der Waals surface area contributed by atoms with Crippen LogP contribution in [-0.2, 0) is 6.42 Å². The maximum Gasteiger partial charge on any atom is 0.0935 e. The van der Waals surface area contributed by atoms with Crippen LogP contribution in [0.1, 0.15) is 5.56 Å². The van der Waals surface area contributed by atoms with E-state index in [2.05, 4.69) is 30.3 Å². The van der Waals surface area contributed by atoms with Gasteiger partial charge in [-0.25, -0.2) is 0 Å². The van der Waals surface area contributed by atoms with E-state index in [0.29, 0.717) is 6.42 Å². The average molecular weight is 224 g/mol. The molecule has 0 saturated carbocycles. The molecule has 0 nitrogen and oxygen atoms in total. The second kappa shape index (κ2) is 4.17. The van der Waals surface area contributed by atoms with E-state index in [9.17, 15) is 4.39 Å². The molecule has 84 valence electrons. The number of hydrogen-bond acceptors (Lipinski definition) is 0. The average Bonchev–Trinajstić information content (AvgIpc) is 2.39. The molecule has 0 aliphatic rings. The number of benzene rings is 3. The molecule has 3 rings (SSSR count). The van der Waals surface area contributed by atoms with Crippen molar-refractivity contribution in [2.24, 2.45) is 0 Å². The molecule has 0 N–H and O–H groups in total. The molecule has 0 radical (unpaired) electrons. The van der Waals surface area contributed by atoms with Crippen molar-refractivity contribution < 1.29 is 4.39 Å². The lowest BCUT2D eigenvalue weighted by atomic mass is 9.95. The van der Waals surface area contributed by atoms with E-state index in [-0.39, 0.29) is 6.67 Å². The number of hydrogen-bond donors (Lipinski definition) is 0. The lowest BCUT2D eigenvalue weighted by Crippen LogP contribution is -1.91. The summed E-state index contributed by atoms with van der Waals surface area (Å²) in [4.78, 5) is 0. The van der Waals surface area contributed by atoms with Gasteiger partial charge < -0.3 is 0 Å². The molecule has 0 aromatic heterocycles. The van der Waals surface area contributed by atoms with Crippen molar-refractivity contribution in [2.45, 2.75) is 6.42 Å². The van der Waals surface area contributed by atoms with Crippen LogP contribution in [-0.4, -0.2) is 6.67 Å². The molecule has 0 aliphatic heterocycles. The van der Waals surface area contributed by atoms with Crippen molar-refractivity contribution >= 4 is 21.5 Å². The minimum absolute atomic E-state index is 0.308. The van der Waals surface area contributed by atoms with Gasteiger partial charge in [-0.3, -0.25) is 4.39 Å². The van der Waals surface area contributed by atoms with Gasteiger partial charge in [-0.05, 0) is 33.2 Å². The Balaban J connectivity index is 2.47. The van der Waals surface area contributed by atoms with Gasteiger partial charge >= 0.3 is 0 Å². The summed E-state index contributed by atoms with van der Waals surface area (Å²) < 4.78 is 12.7. The van der Waals surface area contributed by atoms with Crippen molar-refractivity contribution in [1.29, 1.82) is 0 Å².